The van der Waals surface area contributed by atoms with Crippen molar-refractivity contribution in [2.45, 2.75) is 26.9 Å². The third-order valence-electron chi connectivity index (χ3n) is 3.85. The molecule has 144 valence electrons. The first-order valence-corrected chi connectivity index (χ1v) is 8.59. The molecule has 0 bridgehead atoms. The molecule has 2 rings (SSSR count). The smallest absolute Gasteiger partial charge is 0.338 e. The van der Waals surface area contributed by atoms with Crippen LogP contribution in [-0.4, -0.2) is 19.7 Å². The van der Waals surface area contributed by atoms with E-state index >= 15 is 0 Å². The van der Waals surface area contributed by atoms with Gasteiger partial charge in [0.05, 0.1) is 19.3 Å². The van der Waals surface area contributed by atoms with E-state index in [1.807, 2.05) is 6.92 Å². The Morgan fingerprint density at radius 2 is 1.85 bits per heavy atom. The van der Waals surface area contributed by atoms with Gasteiger partial charge in [-0.1, -0.05) is 37.3 Å². The highest BCUT2D eigenvalue weighted by Gasteiger charge is 2.18. The maximum absolute atomic E-state index is 14.5. The van der Waals surface area contributed by atoms with Crippen molar-refractivity contribution in [2.75, 3.05) is 13.7 Å². The Morgan fingerprint density at radius 1 is 1.11 bits per heavy atom. The van der Waals surface area contributed by atoms with Crippen LogP contribution in [0.2, 0.25) is 0 Å². The molecule has 27 heavy (non-hydrogen) atoms. The number of carbonyl (C=O) groups excluding carboxylic acids is 1. The van der Waals surface area contributed by atoms with E-state index < -0.39 is 23.4 Å². The maximum Gasteiger partial charge on any atom is 0.338 e. The highest BCUT2D eigenvalue weighted by Crippen LogP contribution is 2.31. The van der Waals surface area contributed by atoms with Crippen LogP contribution in [0.5, 0.6) is 11.5 Å². The number of methoxy groups -OCH3 is 1. The van der Waals surface area contributed by atoms with Gasteiger partial charge in [-0.15, -0.1) is 0 Å². The molecule has 0 saturated heterocycles. The molecular weight excluding hydrogens is 354 g/mol. The molecule has 0 N–H and O–H groups in total. The number of halogens is 2. The molecule has 0 amide bonds. The molecule has 4 nitrogen and oxygen atoms in total. The lowest BCUT2D eigenvalue weighted by Gasteiger charge is -2.14. The van der Waals surface area contributed by atoms with Gasteiger partial charge in [0.25, 0.3) is 0 Å². The van der Waals surface area contributed by atoms with Crippen LogP contribution < -0.4 is 9.47 Å². The molecular formula is C21H22F2O4. The number of ether oxygens (including phenoxy) is 3. The van der Waals surface area contributed by atoms with Gasteiger partial charge in [-0.05, 0) is 36.6 Å². The molecule has 2 aromatic carbocycles. The van der Waals surface area contributed by atoms with Crippen LogP contribution in [0.25, 0.3) is 5.57 Å². The molecule has 0 fully saturated rings. The van der Waals surface area contributed by atoms with Crippen LogP contribution in [0.3, 0.4) is 0 Å². The van der Waals surface area contributed by atoms with E-state index in [0.717, 1.165) is 6.07 Å². The summed E-state index contributed by atoms with van der Waals surface area (Å²) in [6.45, 7) is 3.75. The fraction of sp³-hybridized carbons (Fsp3) is 0.286. The largest absolute Gasteiger partial charge is 0.488 e. The van der Waals surface area contributed by atoms with Gasteiger partial charge < -0.3 is 14.2 Å². The number of hydrogen-bond donors (Lipinski definition) is 0. The molecule has 0 aromatic heterocycles. The average molecular weight is 376 g/mol. The van der Waals surface area contributed by atoms with Gasteiger partial charge in [-0.2, -0.15) is 4.39 Å². The van der Waals surface area contributed by atoms with Gasteiger partial charge in [-0.25, -0.2) is 9.18 Å². The van der Waals surface area contributed by atoms with Gasteiger partial charge >= 0.3 is 5.97 Å². The lowest BCUT2D eigenvalue weighted by molar-refractivity contribution is -0.133. The van der Waals surface area contributed by atoms with Crippen LogP contribution in [0.4, 0.5) is 8.78 Å². The van der Waals surface area contributed by atoms with Gasteiger partial charge in [0.2, 0.25) is 5.82 Å². The van der Waals surface area contributed by atoms with Crippen LogP contribution >= 0.6 is 0 Å². The van der Waals surface area contributed by atoms with Crippen molar-refractivity contribution in [3.63, 3.8) is 0 Å². The number of allylic oxidation sites excluding steroid dienone is 1. The number of rotatable bonds is 8. The Morgan fingerprint density at radius 3 is 2.52 bits per heavy atom. The van der Waals surface area contributed by atoms with Gasteiger partial charge in [-0.3, -0.25) is 0 Å². The Hall–Kier alpha value is -2.89. The molecule has 0 aliphatic rings. The lowest BCUT2D eigenvalue weighted by atomic mass is 10.00. The second-order valence-electron chi connectivity index (χ2n) is 5.68. The van der Waals surface area contributed by atoms with Crippen molar-refractivity contribution < 1.29 is 27.8 Å². The molecule has 0 unspecified atom stereocenters. The molecule has 0 spiro atoms. The van der Waals surface area contributed by atoms with Gasteiger partial charge in [0.1, 0.15) is 6.61 Å². The Labute approximate surface area is 157 Å². The molecule has 0 aliphatic carbocycles. The first-order chi connectivity index (χ1) is 13.0. The predicted octanol–water partition coefficient (Wildman–Crippen LogP) is 4.91. The van der Waals surface area contributed by atoms with E-state index in [-0.39, 0.29) is 19.0 Å². The average Bonchev–Trinajstić information content (AvgIpc) is 2.68. The van der Waals surface area contributed by atoms with E-state index in [4.69, 9.17) is 14.2 Å². The summed E-state index contributed by atoms with van der Waals surface area (Å²) < 4.78 is 43.7. The summed E-state index contributed by atoms with van der Waals surface area (Å²) in [6, 6.07) is 9.38. The van der Waals surface area contributed by atoms with Crippen LogP contribution in [0.15, 0.2) is 42.5 Å². The molecule has 0 aliphatic heterocycles. The van der Waals surface area contributed by atoms with Gasteiger partial charge in [0.15, 0.2) is 17.3 Å². The molecule has 0 radical (unpaired) electrons. The van der Waals surface area contributed by atoms with Crippen molar-refractivity contribution in [3.05, 3.63) is 65.2 Å². The van der Waals surface area contributed by atoms with Gasteiger partial charge in [0, 0.05) is 0 Å². The highest BCUT2D eigenvalue weighted by molar-refractivity contribution is 6.16. The Balaban J connectivity index is 2.27. The van der Waals surface area contributed by atoms with E-state index in [1.54, 1.807) is 37.3 Å². The quantitative estimate of drug-likeness (QED) is 0.485. The highest BCUT2D eigenvalue weighted by atomic mass is 19.1. The first kappa shape index (κ1) is 20.4. The molecule has 0 saturated carbocycles. The first-order valence-electron chi connectivity index (χ1n) is 8.59. The number of carbonyl (C=O) groups is 1. The summed E-state index contributed by atoms with van der Waals surface area (Å²) in [5, 5.41) is 0. The van der Waals surface area contributed by atoms with Crippen molar-refractivity contribution in [2.24, 2.45) is 0 Å². The molecule has 2 aromatic rings. The zero-order valence-electron chi connectivity index (χ0n) is 15.6. The second kappa shape index (κ2) is 9.71. The predicted molar refractivity (Wildman–Crippen MR) is 98.6 cm³/mol. The monoisotopic (exact) mass is 376 g/mol. The minimum atomic E-state index is -0.889. The lowest BCUT2D eigenvalue weighted by Crippen LogP contribution is -2.08. The number of esters is 1. The van der Waals surface area contributed by atoms with Crippen LogP contribution in [-0.2, 0) is 16.1 Å². The Bertz CT molecular complexity index is 831. The summed E-state index contributed by atoms with van der Waals surface area (Å²) in [4.78, 5) is 12.0. The fourth-order valence-electron chi connectivity index (χ4n) is 2.52. The zero-order valence-corrected chi connectivity index (χ0v) is 15.6. The summed E-state index contributed by atoms with van der Waals surface area (Å²) in [5.74, 6) is -2.73. The number of benzene rings is 2. The summed E-state index contributed by atoms with van der Waals surface area (Å²) in [7, 11) is 1.30. The molecule has 6 heteroatoms. The van der Waals surface area contributed by atoms with E-state index in [9.17, 15) is 13.6 Å². The maximum atomic E-state index is 14.5. The third-order valence-corrected chi connectivity index (χ3v) is 3.85. The summed E-state index contributed by atoms with van der Waals surface area (Å²) in [5.41, 5.74) is 1.66. The Kier molecular flexibility index (Phi) is 7.34. The standard InChI is InChI=1S/C21H22F2O4/c1-4-12-26-20-17(22)10-11-18(19(20)23)27-13-14-8-6-7-9-16(14)15(5-2)21(24)25-3/h5-11H,4,12-13H2,1-3H3. The van der Waals surface area contributed by atoms with Crippen molar-refractivity contribution in [1.29, 1.82) is 0 Å². The number of hydrogen-bond acceptors (Lipinski definition) is 4. The van der Waals surface area contributed by atoms with E-state index in [1.165, 1.54) is 13.2 Å². The van der Waals surface area contributed by atoms with E-state index in [2.05, 4.69) is 0 Å². The van der Waals surface area contributed by atoms with Crippen molar-refractivity contribution >= 4 is 11.5 Å². The van der Waals surface area contributed by atoms with Crippen molar-refractivity contribution in [3.8, 4) is 11.5 Å². The molecule has 0 heterocycles. The summed E-state index contributed by atoms with van der Waals surface area (Å²) >= 11 is 0. The second-order valence-corrected chi connectivity index (χ2v) is 5.68. The normalized spacial score (nSPS) is 11.2. The molecule has 0 atom stereocenters. The topological polar surface area (TPSA) is 44.8 Å². The third kappa shape index (κ3) is 4.84. The SMILES string of the molecule is CC=C(C(=O)OC)c1ccccc1COc1ccc(F)c(OCCC)c1F. The minimum Gasteiger partial charge on any atom is -0.488 e. The van der Waals surface area contributed by atoms with Crippen LogP contribution in [0, 0.1) is 11.6 Å². The minimum absolute atomic E-state index is 0.0136. The summed E-state index contributed by atoms with van der Waals surface area (Å²) in [6.07, 6.45) is 2.26. The van der Waals surface area contributed by atoms with Crippen LogP contribution in [0.1, 0.15) is 31.4 Å². The van der Waals surface area contributed by atoms with E-state index in [0.29, 0.717) is 23.1 Å². The van der Waals surface area contributed by atoms with Crippen molar-refractivity contribution in [1.82, 2.24) is 0 Å². The fourth-order valence-corrected chi connectivity index (χ4v) is 2.52. The zero-order chi connectivity index (χ0) is 19.8.